The van der Waals surface area contributed by atoms with E-state index in [0.717, 1.165) is 22.0 Å². The number of carbonyl (C=O) groups excluding carboxylic acids is 1. The van der Waals surface area contributed by atoms with Crippen molar-refractivity contribution in [2.45, 2.75) is 13.8 Å². The van der Waals surface area contributed by atoms with Crippen LogP contribution in [0.25, 0.3) is 16.7 Å². The molecule has 0 aliphatic rings. The van der Waals surface area contributed by atoms with Crippen molar-refractivity contribution >= 4 is 22.8 Å². The van der Waals surface area contributed by atoms with Gasteiger partial charge < -0.3 is 4.74 Å². The molecule has 2 aromatic carbocycles. The van der Waals surface area contributed by atoms with Crippen molar-refractivity contribution in [3.05, 3.63) is 77.5 Å². The summed E-state index contributed by atoms with van der Waals surface area (Å²) in [6.45, 7) is 3.97. The van der Waals surface area contributed by atoms with Crippen molar-refractivity contribution < 1.29 is 9.53 Å². The third-order valence-corrected chi connectivity index (χ3v) is 4.52. The molecular formula is C22H17N5O2. The maximum absolute atomic E-state index is 12.4. The van der Waals surface area contributed by atoms with E-state index in [0.29, 0.717) is 11.6 Å². The van der Waals surface area contributed by atoms with Crippen LogP contribution in [-0.4, -0.2) is 20.9 Å². The van der Waals surface area contributed by atoms with Gasteiger partial charge in [-0.1, -0.05) is 36.4 Å². The minimum Gasteiger partial charge on any atom is -0.410 e. The fraction of sp³-hybridized carbons (Fsp3) is 0.0909. The van der Waals surface area contributed by atoms with Crippen molar-refractivity contribution in [2.24, 2.45) is 0 Å². The second kappa shape index (κ2) is 7.44. The van der Waals surface area contributed by atoms with Gasteiger partial charge >= 0.3 is 6.09 Å². The number of rotatable bonds is 3. The van der Waals surface area contributed by atoms with Gasteiger partial charge in [0.05, 0.1) is 11.7 Å². The summed E-state index contributed by atoms with van der Waals surface area (Å²) in [5.41, 5.74) is 3.09. The first-order chi connectivity index (χ1) is 14.1. The Morgan fingerprint density at radius 3 is 2.66 bits per heavy atom. The molecule has 7 heteroatoms. The Morgan fingerprint density at radius 1 is 1.10 bits per heavy atom. The molecule has 0 saturated heterocycles. The third kappa shape index (κ3) is 3.51. The van der Waals surface area contributed by atoms with E-state index in [2.05, 4.69) is 10.4 Å². The predicted octanol–water partition coefficient (Wildman–Crippen LogP) is 4.52. The standard InChI is InChI=1S/C22H17N5O2/c1-14-7-6-10-18-15(2)11-19(25-20(14)18)27-21(16(12-23)13-24-27)26-22(28)29-17-8-4-3-5-9-17/h3-11,13H,1-2H3,(H,26,28). The maximum atomic E-state index is 12.4. The highest BCUT2D eigenvalue weighted by atomic mass is 16.6. The minimum absolute atomic E-state index is 0.202. The number of hydrogen-bond donors (Lipinski definition) is 1. The second-order valence-corrected chi connectivity index (χ2v) is 6.53. The Balaban J connectivity index is 1.74. The summed E-state index contributed by atoms with van der Waals surface area (Å²) in [5, 5.41) is 17.3. The summed E-state index contributed by atoms with van der Waals surface area (Å²) in [6.07, 6.45) is 0.667. The molecule has 0 saturated carbocycles. The van der Waals surface area contributed by atoms with Crippen molar-refractivity contribution in [2.75, 3.05) is 5.32 Å². The number of anilines is 1. The fourth-order valence-electron chi connectivity index (χ4n) is 3.09. The van der Waals surface area contributed by atoms with Gasteiger partial charge in [0.25, 0.3) is 0 Å². The number of fused-ring (bicyclic) bond motifs is 1. The zero-order valence-corrected chi connectivity index (χ0v) is 15.9. The van der Waals surface area contributed by atoms with E-state index in [-0.39, 0.29) is 11.4 Å². The molecule has 4 rings (SSSR count). The van der Waals surface area contributed by atoms with Gasteiger partial charge in [-0.15, -0.1) is 0 Å². The highest BCUT2D eigenvalue weighted by molar-refractivity contribution is 5.88. The lowest BCUT2D eigenvalue weighted by molar-refractivity contribution is 0.215. The molecule has 2 aromatic heterocycles. The third-order valence-electron chi connectivity index (χ3n) is 4.52. The molecule has 1 amide bonds. The van der Waals surface area contributed by atoms with E-state index in [1.54, 1.807) is 24.3 Å². The monoisotopic (exact) mass is 383 g/mol. The van der Waals surface area contributed by atoms with Crippen molar-refractivity contribution in [3.8, 4) is 17.6 Å². The van der Waals surface area contributed by atoms with Gasteiger partial charge in [-0.05, 0) is 43.2 Å². The van der Waals surface area contributed by atoms with Crippen LogP contribution < -0.4 is 10.1 Å². The van der Waals surface area contributed by atoms with Crippen LogP contribution in [0.2, 0.25) is 0 Å². The van der Waals surface area contributed by atoms with Gasteiger partial charge in [-0.25, -0.2) is 9.78 Å². The summed E-state index contributed by atoms with van der Waals surface area (Å²) in [7, 11) is 0. The number of carbonyl (C=O) groups is 1. The van der Waals surface area contributed by atoms with Crippen LogP contribution in [0, 0.1) is 25.2 Å². The SMILES string of the molecule is Cc1cc(-n2ncc(C#N)c2NC(=O)Oc2ccccc2)nc2c(C)cccc12. The molecule has 7 nitrogen and oxygen atoms in total. The zero-order chi connectivity index (χ0) is 20.4. The van der Waals surface area contributed by atoms with Crippen molar-refractivity contribution in [3.63, 3.8) is 0 Å². The molecule has 4 aromatic rings. The second-order valence-electron chi connectivity index (χ2n) is 6.53. The number of hydrogen-bond acceptors (Lipinski definition) is 5. The number of nitrogens with zero attached hydrogens (tertiary/aromatic N) is 4. The van der Waals surface area contributed by atoms with Gasteiger partial charge in [-0.2, -0.15) is 15.0 Å². The number of pyridine rings is 1. The molecule has 1 N–H and O–H groups in total. The van der Waals surface area contributed by atoms with Gasteiger partial charge in [0.15, 0.2) is 11.6 Å². The Kier molecular flexibility index (Phi) is 4.67. The maximum Gasteiger partial charge on any atom is 0.418 e. The van der Waals surface area contributed by atoms with E-state index >= 15 is 0 Å². The summed E-state index contributed by atoms with van der Waals surface area (Å²) in [6, 6.07) is 18.6. The Labute approximate surface area is 167 Å². The lowest BCUT2D eigenvalue weighted by Gasteiger charge is -2.12. The molecular weight excluding hydrogens is 366 g/mol. The molecule has 0 aliphatic heterocycles. The van der Waals surface area contributed by atoms with Gasteiger partial charge in [0, 0.05) is 5.39 Å². The Morgan fingerprint density at radius 2 is 1.90 bits per heavy atom. The number of nitrogens with one attached hydrogen (secondary N) is 1. The molecule has 142 valence electrons. The van der Waals surface area contributed by atoms with Crippen LogP contribution in [0.5, 0.6) is 5.75 Å². The van der Waals surface area contributed by atoms with Crippen LogP contribution in [0.3, 0.4) is 0 Å². The molecule has 29 heavy (non-hydrogen) atoms. The van der Waals surface area contributed by atoms with Crippen LogP contribution in [-0.2, 0) is 0 Å². The Hall–Kier alpha value is -4.18. The fourth-order valence-corrected chi connectivity index (χ4v) is 3.09. The van der Waals surface area contributed by atoms with Crippen molar-refractivity contribution in [1.29, 1.82) is 5.26 Å². The molecule has 0 unspecified atom stereocenters. The van der Waals surface area contributed by atoms with E-state index in [4.69, 9.17) is 9.72 Å². The largest absolute Gasteiger partial charge is 0.418 e. The smallest absolute Gasteiger partial charge is 0.410 e. The predicted molar refractivity (Wildman–Crippen MR) is 109 cm³/mol. The molecule has 0 atom stereocenters. The Bertz CT molecular complexity index is 1260. The molecule has 0 aliphatic carbocycles. The number of benzene rings is 2. The zero-order valence-electron chi connectivity index (χ0n) is 15.9. The minimum atomic E-state index is -0.719. The molecule has 0 spiro atoms. The highest BCUT2D eigenvalue weighted by Crippen LogP contribution is 2.25. The number of amides is 1. The average molecular weight is 383 g/mol. The van der Waals surface area contributed by atoms with Crippen LogP contribution in [0.4, 0.5) is 10.6 Å². The van der Waals surface area contributed by atoms with E-state index < -0.39 is 6.09 Å². The normalized spacial score (nSPS) is 10.5. The lowest BCUT2D eigenvalue weighted by atomic mass is 10.1. The van der Waals surface area contributed by atoms with Crippen LogP contribution >= 0.6 is 0 Å². The number of aromatic nitrogens is 3. The first-order valence-corrected chi connectivity index (χ1v) is 8.96. The first-order valence-electron chi connectivity index (χ1n) is 8.96. The van der Waals surface area contributed by atoms with Gasteiger partial charge in [0.1, 0.15) is 17.4 Å². The van der Waals surface area contributed by atoms with Crippen molar-refractivity contribution in [1.82, 2.24) is 14.8 Å². The quantitative estimate of drug-likeness (QED) is 0.561. The number of aryl methyl sites for hydroxylation is 2. The molecule has 0 bridgehead atoms. The summed E-state index contributed by atoms with van der Waals surface area (Å²) < 4.78 is 6.70. The summed E-state index contributed by atoms with van der Waals surface area (Å²) in [4.78, 5) is 17.1. The first kappa shape index (κ1) is 18.2. The molecule has 0 fully saturated rings. The topological polar surface area (TPSA) is 92.8 Å². The van der Waals surface area contributed by atoms with E-state index in [1.807, 2.05) is 50.2 Å². The number of para-hydroxylation sites is 2. The summed E-state index contributed by atoms with van der Waals surface area (Å²) >= 11 is 0. The summed E-state index contributed by atoms with van der Waals surface area (Å²) in [5.74, 6) is 1.10. The molecule has 2 heterocycles. The van der Waals surface area contributed by atoms with E-state index in [1.165, 1.54) is 10.9 Å². The van der Waals surface area contributed by atoms with Gasteiger partial charge in [0.2, 0.25) is 0 Å². The van der Waals surface area contributed by atoms with Crippen LogP contribution in [0.1, 0.15) is 16.7 Å². The average Bonchev–Trinajstić information content (AvgIpc) is 3.12. The van der Waals surface area contributed by atoms with E-state index in [9.17, 15) is 10.1 Å². The van der Waals surface area contributed by atoms with Gasteiger partial charge in [-0.3, -0.25) is 5.32 Å². The molecule has 0 radical (unpaired) electrons. The van der Waals surface area contributed by atoms with Crippen LogP contribution in [0.15, 0.2) is 60.8 Å². The lowest BCUT2D eigenvalue weighted by Crippen LogP contribution is -2.20. The number of nitriles is 1. The number of ether oxygens (including phenoxy) is 1. The highest BCUT2D eigenvalue weighted by Gasteiger charge is 2.18.